The van der Waals surface area contributed by atoms with Crippen LogP contribution in [0.5, 0.6) is 0 Å². The molecule has 1 amide bonds. The Balaban J connectivity index is 1.87. The molecule has 0 heterocycles. The molecule has 112 valence electrons. The summed E-state index contributed by atoms with van der Waals surface area (Å²) in [5.74, 6) is -1.03. The SMILES string of the molecule is Cc1cccc(NC(=O)COC(=O)c2ccc(C=O)cc2)c1. The first-order valence-electron chi connectivity index (χ1n) is 6.67. The van der Waals surface area contributed by atoms with Gasteiger partial charge in [-0.05, 0) is 36.8 Å². The molecular formula is C17H15NO4. The number of carbonyl (C=O) groups is 3. The summed E-state index contributed by atoms with van der Waals surface area (Å²) in [6.45, 7) is 1.54. The molecule has 0 saturated carbocycles. The van der Waals surface area contributed by atoms with Gasteiger partial charge in [0, 0.05) is 11.3 Å². The van der Waals surface area contributed by atoms with Crippen molar-refractivity contribution >= 4 is 23.9 Å². The summed E-state index contributed by atoms with van der Waals surface area (Å²) in [5.41, 5.74) is 2.42. The molecule has 0 aliphatic heterocycles. The van der Waals surface area contributed by atoms with Crippen molar-refractivity contribution in [2.24, 2.45) is 0 Å². The Morgan fingerprint density at radius 3 is 2.50 bits per heavy atom. The zero-order valence-electron chi connectivity index (χ0n) is 12.0. The van der Waals surface area contributed by atoms with Gasteiger partial charge in [-0.15, -0.1) is 0 Å². The molecule has 2 aromatic rings. The number of esters is 1. The summed E-state index contributed by atoms with van der Waals surface area (Å²) in [6.07, 6.45) is 0.685. The van der Waals surface area contributed by atoms with E-state index in [1.807, 2.05) is 25.1 Å². The molecule has 0 atom stereocenters. The largest absolute Gasteiger partial charge is 0.452 e. The Morgan fingerprint density at radius 1 is 1.14 bits per heavy atom. The van der Waals surface area contributed by atoms with E-state index >= 15 is 0 Å². The highest BCUT2D eigenvalue weighted by atomic mass is 16.5. The van der Waals surface area contributed by atoms with E-state index in [4.69, 9.17) is 4.74 Å². The van der Waals surface area contributed by atoms with Gasteiger partial charge in [-0.1, -0.05) is 24.3 Å². The van der Waals surface area contributed by atoms with Crippen LogP contribution in [0.3, 0.4) is 0 Å². The maximum absolute atomic E-state index is 11.8. The van der Waals surface area contributed by atoms with Crippen molar-refractivity contribution in [3.8, 4) is 0 Å². The second-order valence-corrected chi connectivity index (χ2v) is 4.73. The first-order chi connectivity index (χ1) is 10.6. The molecule has 5 heteroatoms. The molecule has 0 fully saturated rings. The first-order valence-corrected chi connectivity index (χ1v) is 6.67. The van der Waals surface area contributed by atoms with Crippen LogP contribution in [-0.4, -0.2) is 24.8 Å². The number of nitrogens with one attached hydrogen (secondary N) is 1. The minimum Gasteiger partial charge on any atom is -0.452 e. The molecule has 1 N–H and O–H groups in total. The molecule has 0 spiro atoms. The molecule has 5 nitrogen and oxygen atoms in total. The molecule has 2 aromatic carbocycles. The number of ether oxygens (including phenoxy) is 1. The Kier molecular flexibility index (Phi) is 5.03. The summed E-state index contributed by atoms with van der Waals surface area (Å²) in [6, 6.07) is 13.3. The van der Waals surface area contributed by atoms with Gasteiger partial charge in [-0.3, -0.25) is 9.59 Å². The number of hydrogen-bond acceptors (Lipinski definition) is 4. The van der Waals surface area contributed by atoms with Crippen LogP contribution in [-0.2, 0) is 9.53 Å². The van der Waals surface area contributed by atoms with Gasteiger partial charge in [0.05, 0.1) is 5.56 Å². The molecule has 2 rings (SSSR count). The molecule has 0 unspecified atom stereocenters. The van der Waals surface area contributed by atoms with E-state index in [2.05, 4.69) is 5.32 Å². The number of carbonyl (C=O) groups excluding carboxylic acids is 3. The van der Waals surface area contributed by atoms with Gasteiger partial charge < -0.3 is 10.1 Å². The van der Waals surface area contributed by atoms with E-state index in [1.165, 1.54) is 24.3 Å². The zero-order valence-corrected chi connectivity index (χ0v) is 12.0. The Bertz CT molecular complexity index is 692. The Morgan fingerprint density at radius 2 is 1.86 bits per heavy atom. The van der Waals surface area contributed by atoms with E-state index in [-0.39, 0.29) is 12.2 Å². The third-order valence-electron chi connectivity index (χ3n) is 2.92. The van der Waals surface area contributed by atoms with Crippen LogP contribution < -0.4 is 5.32 Å². The summed E-state index contributed by atoms with van der Waals surface area (Å²) < 4.78 is 4.93. The minimum absolute atomic E-state index is 0.286. The van der Waals surface area contributed by atoms with Crippen molar-refractivity contribution in [2.75, 3.05) is 11.9 Å². The number of amides is 1. The van der Waals surface area contributed by atoms with Crippen LogP contribution in [0.4, 0.5) is 5.69 Å². The predicted octanol–water partition coefficient (Wildman–Crippen LogP) is 2.60. The highest BCUT2D eigenvalue weighted by Crippen LogP contribution is 2.09. The smallest absolute Gasteiger partial charge is 0.338 e. The summed E-state index contributed by atoms with van der Waals surface area (Å²) >= 11 is 0. The highest BCUT2D eigenvalue weighted by molar-refractivity contribution is 5.95. The van der Waals surface area contributed by atoms with Crippen molar-refractivity contribution in [2.45, 2.75) is 6.92 Å². The standard InChI is InChI=1S/C17H15NO4/c1-12-3-2-4-15(9-12)18-16(20)11-22-17(21)14-7-5-13(10-19)6-8-14/h2-10H,11H2,1H3,(H,18,20). The third kappa shape index (κ3) is 4.28. The fourth-order valence-corrected chi connectivity index (χ4v) is 1.83. The van der Waals surface area contributed by atoms with Gasteiger partial charge in [0.15, 0.2) is 6.61 Å². The topological polar surface area (TPSA) is 72.5 Å². The van der Waals surface area contributed by atoms with Crippen LogP contribution in [0.2, 0.25) is 0 Å². The lowest BCUT2D eigenvalue weighted by molar-refractivity contribution is -0.119. The van der Waals surface area contributed by atoms with Crippen molar-refractivity contribution in [1.29, 1.82) is 0 Å². The quantitative estimate of drug-likeness (QED) is 0.680. The second-order valence-electron chi connectivity index (χ2n) is 4.73. The van der Waals surface area contributed by atoms with Gasteiger partial charge in [0.25, 0.3) is 5.91 Å². The van der Waals surface area contributed by atoms with Gasteiger partial charge in [-0.2, -0.15) is 0 Å². The van der Waals surface area contributed by atoms with Gasteiger partial charge >= 0.3 is 5.97 Å². The number of anilines is 1. The normalized spacial score (nSPS) is 9.86. The van der Waals surface area contributed by atoms with Gasteiger partial charge in [-0.25, -0.2) is 4.79 Å². The molecule has 0 radical (unpaired) electrons. The lowest BCUT2D eigenvalue weighted by Crippen LogP contribution is -2.20. The Labute approximate surface area is 127 Å². The highest BCUT2D eigenvalue weighted by Gasteiger charge is 2.10. The van der Waals surface area contributed by atoms with Gasteiger partial charge in [0.2, 0.25) is 0 Å². The van der Waals surface area contributed by atoms with Crippen LogP contribution >= 0.6 is 0 Å². The van der Waals surface area contributed by atoms with Crippen LogP contribution in [0.25, 0.3) is 0 Å². The summed E-state index contributed by atoms with van der Waals surface area (Å²) in [4.78, 5) is 34.0. The maximum atomic E-state index is 11.8. The van der Waals surface area contributed by atoms with Crippen molar-refractivity contribution in [3.05, 3.63) is 65.2 Å². The molecule has 0 saturated heterocycles. The molecule has 0 bridgehead atoms. The van der Waals surface area contributed by atoms with E-state index in [0.717, 1.165) is 5.56 Å². The lowest BCUT2D eigenvalue weighted by Gasteiger charge is -2.07. The number of aryl methyl sites for hydroxylation is 1. The van der Waals surface area contributed by atoms with Crippen molar-refractivity contribution in [3.63, 3.8) is 0 Å². The number of aldehydes is 1. The summed E-state index contributed by atoms with van der Waals surface area (Å²) in [5, 5.41) is 2.65. The van der Waals surface area contributed by atoms with Crippen molar-refractivity contribution in [1.82, 2.24) is 0 Å². The van der Waals surface area contributed by atoms with Crippen molar-refractivity contribution < 1.29 is 19.1 Å². The monoisotopic (exact) mass is 297 g/mol. The van der Waals surface area contributed by atoms with E-state index in [9.17, 15) is 14.4 Å². The first kappa shape index (κ1) is 15.4. The summed E-state index contributed by atoms with van der Waals surface area (Å²) in [7, 11) is 0. The van der Waals surface area contributed by atoms with E-state index in [0.29, 0.717) is 17.5 Å². The molecular weight excluding hydrogens is 282 g/mol. The molecule has 22 heavy (non-hydrogen) atoms. The number of hydrogen-bond donors (Lipinski definition) is 1. The van der Waals surface area contributed by atoms with E-state index < -0.39 is 11.9 Å². The molecule has 0 aliphatic rings. The Hall–Kier alpha value is -2.95. The fraction of sp³-hybridized carbons (Fsp3) is 0.118. The number of rotatable bonds is 5. The van der Waals surface area contributed by atoms with Crippen LogP contribution in [0.15, 0.2) is 48.5 Å². The predicted molar refractivity (Wildman–Crippen MR) is 81.9 cm³/mol. The second kappa shape index (κ2) is 7.17. The lowest BCUT2D eigenvalue weighted by atomic mass is 10.1. The average molecular weight is 297 g/mol. The zero-order chi connectivity index (χ0) is 15.9. The van der Waals surface area contributed by atoms with E-state index in [1.54, 1.807) is 6.07 Å². The minimum atomic E-state index is -0.614. The van der Waals surface area contributed by atoms with Crippen LogP contribution in [0.1, 0.15) is 26.3 Å². The maximum Gasteiger partial charge on any atom is 0.338 e. The molecule has 0 aliphatic carbocycles. The van der Waals surface area contributed by atoms with Crippen LogP contribution in [0, 0.1) is 6.92 Å². The van der Waals surface area contributed by atoms with Gasteiger partial charge in [0.1, 0.15) is 6.29 Å². The number of benzene rings is 2. The molecule has 0 aromatic heterocycles. The average Bonchev–Trinajstić information content (AvgIpc) is 2.52. The fourth-order valence-electron chi connectivity index (χ4n) is 1.83. The third-order valence-corrected chi connectivity index (χ3v) is 2.92.